The third-order valence-corrected chi connectivity index (χ3v) is 15.3. The first-order valence-electron chi connectivity index (χ1n) is 27.0. The third kappa shape index (κ3) is 8.89. The number of fused-ring (bicyclic) bond motifs is 4. The van der Waals surface area contributed by atoms with E-state index in [0.717, 1.165) is 106 Å². The summed E-state index contributed by atoms with van der Waals surface area (Å²) in [5, 5.41) is 4.62. The van der Waals surface area contributed by atoms with E-state index in [-0.39, 0.29) is 0 Å². The van der Waals surface area contributed by atoms with Crippen molar-refractivity contribution in [3.63, 3.8) is 0 Å². The Kier molecular flexibility index (Phi) is 12.2. The Balaban J connectivity index is 0.937. The number of furan rings is 1. The predicted molar refractivity (Wildman–Crippen MR) is 333 cm³/mol. The number of anilines is 6. The van der Waals surface area contributed by atoms with Crippen molar-refractivity contribution in [1.82, 2.24) is 0 Å². The molecule has 13 aromatic carbocycles. The second-order valence-electron chi connectivity index (χ2n) is 20.0. The molecule has 0 saturated heterocycles. The molecule has 0 amide bonds. The van der Waals surface area contributed by atoms with Crippen molar-refractivity contribution in [1.29, 1.82) is 0 Å². The molecule has 0 bridgehead atoms. The first-order chi connectivity index (χ1) is 39.2. The van der Waals surface area contributed by atoms with Gasteiger partial charge in [-0.1, -0.05) is 243 Å². The van der Waals surface area contributed by atoms with E-state index < -0.39 is 0 Å². The highest BCUT2D eigenvalue weighted by atomic mass is 16.3. The second-order valence-corrected chi connectivity index (χ2v) is 20.0. The molecule has 3 nitrogen and oxygen atoms in total. The largest absolute Gasteiger partial charge is 0.456 e. The molecule has 0 saturated carbocycles. The molecule has 1 heterocycles. The van der Waals surface area contributed by atoms with Crippen molar-refractivity contribution in [2.24, 2.45) is 0 Å². The maximum atomic E-state index is 6.56. The molecule has 0 aliphatic carbocycles. The van der Waals surface area contributed by atoms with Gasteiger partial charge in [-0.05, 0) is 128 Å². The summed E-state index contributed by atoms with van der Waals surface area (Å²) in [6.07, 6.45) is 0. The fraction of sp³-hybridized carbons (Fsp3) is 0. The van der Waals surface area contributed by atoms with Crippen molar-refractivity contribution in [3.05, 3.63) is 315 Å². The minimum absolute atomic E-state index is 0.877. The van der Waals surface area contributed by atoms with Gasteiger partial charge in [-0.25, -0.2) is 0 Å². The maximum absolute atomic E-state index is 6.56. The van der Waals surface area contributed by atoms with E-state index in [4.69, 9.17) is 4.42 Å². The van der Waals surface area contributed by atoms with Gasteiger partial charge in [0.2, 0.25) is 0 Å². The molecule has 372 valence electrons. The predicted octanol–water partition coefficient (Wildman–Crippen LogP) is 21.7. The second kappa shape index (κ2) is 20.6. The van der Waals surface area contributed by atoms with E-state index in [0.29, 0.717) is 0 Å². The van der Waals surface area contributed by atoms with Crippen molar-refractivity contribution in [2.75, 3.05) is 9.80 Å². The highest BCUT2D eigenvalue weighted by Crippen LogP contribution is 2.50. The molecule has 79 heavy (non-hydrogen) atoms. The van der Waals surface area contributed by atoms with Gasteiger partial charge in [0.05, 0.1) is 22.7 Å². The van der Waals surface area contributed by atoms with E-state index >= 15 is 0 Å². The Morgan fingerprint density at radius 3 is 1.15 bits per heavy atom. The lowest BCUT2D eigenvalue weighted by Gasteiger charge is -2.33. The van der Waals surface area contributed by atoms with Gasteiger partial charge in [-0.15, -0.1) is 0 Å². The Bertz CT molecular complexity index is 4490. The molecule has 0 N–H and O–H groups in total. The van der Waals surface area contributed by atoms with Gasteiger partial charge in [0.15, 0.2) is 0 Å². The van der Waals surface area contributed by atoms with Gasteiger partial charge in [-0.3, -0.25) is 0 Å². The van der Waals surface area contributed by atoms with E-state index in [1.54, 1.807) is 0 Å². The molecule has 0 atom stereocenters. The van der Waals surface area contributed by atoms with Crippen LogP contribution in [0.5, 0.6) is 0 Å². The average molecular weight is 1010 g/mol. The van der Waals surface area contributed by atoms with Crippen LogP contribution in [0.4, 0.5) is 34.1 Å². The lowest BCUT2D eigenvalue weighted by Crippen LogP contribution is -2.15. The lowest BCUT2D eigenvalue weighted by molar-refractivity contribution is 0.669. The Morgan fingerprint density at radius 2 is 0.595 bits per heavy atom. The highest BCUT2D eigenvalue weighted by Gasteiger charge is 2.26. The van der Waals surface area contributed by atoms with Crippen LogP contribution in [0.15, 0.2) is 320 Å². The third-order valence-electron chi connectivity index (χ3n) is 15.3. The number of hydrogen-bond acceptors (Lipinski definition) is 3. The molecule has 14 rings (SSSR count). The summed E-state index contributed by atoms with van der Waals surface area (Å²) in [6, 6.07) is 114. The molecule has 1 aromatic heterocycles. The smallest absolute Gasteiger partial charge is 0.136 e. The van der Waals surface area contributed by atoms with Crippen LogP contribution in [0.25, 0.3) is 99.5 Å². The van der Waals surface area contributed by atoms with Crippen molar-refractivity contribution >= 4 is 66.8 Å². The topological polar surface area (TPSA) is 19.6 Å². The Hall–Kier alpha value is -10.5. The summed E-state index contributed by atoms with van der Waals surface area (Å²) in [5.74, 6) is 0. The quantitative estimate of drug-likeness (QED) is 0.122. The fourth-order valence-electron chi connectivity index (χ4n) is 11.5. The van der Waals surface area contributed by atoms with Gasteiger partial charge >= 0.3 is 0 Å². The van der Waals surface area contributed by atoms with Crippen LogP contribution >= 0.6 is 0 Å². The number of para-hydroxylation sites is 4. The zero-order valence-corrected chi connectivity index (χ0v) is 43.3. The minimum Gasteiger partial charge on any atom is -0.456 e. The summed E-state index contributed by atoms with van der Waals surface area (Å²) in [6.45, 7) is 0. The standard InChI is InChI=1S/C76H52N2O/c1-4-23-54(24-5-1)63-33-12-13-34-64(63)60-31-22-32-62(49-60)78(72-40-19-15-36-66(72)56-27-8-3-9-28-56)74-42-21-17-38-68(74)67-37-16-20-41-73(67)77(71-39-18-14-35-65(71)55-25-6-2-7-26-55)61-46-43-53(44-47-61)59-45-48-69-70-50-57-29-10-11-30-58(57)51-76(70)79-75(69)52-59/h1-52H. The first kappa shape index (κ1) is 47.0. The van der Waals surface area contributed by atoms with Gasteiger partial charge in [0.25, 0.3) is 0 Å². The normalized spacial score (nSPS) is 11.3. The molecular weight excluding hydrogens is 957 g/mol. The molecule has 0 spiro atoms. The summed E-state index contributed by atoms with van der Waals surface area (Å²) in [4.78, 5) is 4.90. The van der Waals surface area contributed by atoms with Crippen LogP contribution in [0.2, 0.25) is 0 Å². The highest BCUT2D eigenvalue weighted by molar-refractivity contribution is 6.11. The Morgan fingerprint density at radius 1 is 0.203 bits per heavy atom. The fourth-order valence-corrected chi connectivity index (χ4v) is 11.5. The van der Waals surface area contributed by atoms with Gasteiger partial charge < -0.3 is 14.2 Å². The van der Waals surface area contributed by atoms with Crippen LogP contribution in [0.1, 0.15) is 0 Å². The SMILES string of the molecule is c1ccc(-c2ccccc2-c2cccc(N(c3ccccc3-c3ccccc3)c3ccccc3-c3ccccc3N(c3ccc(-c4ccc5c(c4)oc4cc6ccccc6cc45)cc3)c3ccccc3-c3ccccc3)c2)cc1. The van der Waals surface area contributed by atoms with E-state index in [2.05, 4.69) is 325 Å². The number of nitrogens with zero attached hydrogens (tertiary/aromatic N) is 2. The van der Waals surface area contributed by atoms with Gasteiger partial charge in [0.1, 0.15) is 11.2 Å². The average Bonchev–Trinajstić information content (AvgIpc) is 3.89. The molecule has 3 heteroatoms. The Labute approximate surface area is 460 Å². The van der Waals surface area contributed by atoms with Crippen LogP contribution in [-0.2, 0) is 0 Å². The summed E-state index contributed by atoms with van der Waals surface area (Å²) < 4.78 is 6.56. The van der Waals surface area contributed by atoms with Gasteiger partial charge in [-0.2, -0.15) is 0 Å². The maximum Gasteiger partial charge on any atom is 0.136 e. The monoisotopic (exact) mass is 1010 g/mol. The first-order valence-corrected chi connectivity index (χ1v) is 27.0. The van der Waals surface area contributed by atoms with Crippen LogP contribution in [0.3, 0.4) is 0 Å². The van der Waals surface area contributed by atoms with E-state index in [1.165, 1.54) is 27.5 Å². The number of rotatable bonds is 12. The molecule has 14 aromatic rings. The van der Waals surface area contributed by atoms with E-state index in [9.17, 15) is 0 Å². The minimum atomic E-state index is 0.877. The lowest BCUT2D eigenvalue weighted by atomic mass is 9.93. The molecule has 0 unspecified atom stereocenters. The number of benzene rings is 13. The zero-order valence-electron chi connectivity index (χ0n) is 43.3. The zero-order chi connectivity index (χ0) is 52.5. The van der Waals surface area contributed by atoms with Crippen molar-refractivity contribution in [2.45, 2.75) is 0 Å². The molecular formula is C76H52N2O. The van der Waals surface area contributed by atoms with E-state index in [1.807, 2.05) is 0 Å². The van der Waals surface area contributed by atoms with Crippen molar-refractivity contribution < 1.29 is 4.42 Å². The molecule has 0 aliphatic rings. The van der Waals surface area contributed by atoms with Crippen molar-refractivity contribution in [3.8, 4) is 66.8 Å². The summed E-state index contributed by atoms with van der Waals surface area (Å²) in [7, 11) is 0. The molecule has 0 fully saturated rings. The van der Waals surface area contributed by atoms with Crippen LogP contribution < -0.4 is 9.80 Å². The molecule has 0 radical (unpaired) electrons. The summed E-state index contributed by atoms with van der Waals surface area (Å²) >= 11 is 0. The summed E-state index contributed by atoms with van der Waals surface area (Å²) in [5.41, 5.74) is 21.7. The van der Waals surface area contributed by atoms with Crippen LogP contribution in [0, 0.1) is 0 Å². The van der Waals surface area contributed by atoms with Crippen LogP contribution in [-0.4, -0.2) is 0 Å². The molecule has 0 aliphatic heterocycles. The van der Waals surface area contributed by atoms with Gasteiger partial charge in [0, 0.05) is 44.4 Å². The number of hydrogen-bond donors (Lipinski definition) is 0.